The van der Waals surface area contributed by atoms with Gasteiger partial charge >= 0.3 is 0 Å². The highest BCUT2D eigenvalue weighted by atomic mass is 19.1. The Morgan fingerprint density at radius 1 is 1.22 bits per heavy atom. The van der Waals surface area contributed by atoms with E-state index < -0.39 is 0 Å². The molecule has 0 saturated heterocycles. The number of halogens is 1. The van der Waals surface area contributed by atoms with Crippen LogP contribution in [-0.4, -0.2) is 11.1 Å². The molecule has 0 amide bonds. The number of aromatic nitrogens is 1. The van der Waals surface area contributed by atoms with Gasteiger partial charge in [0.05, 0.1) is 0 Å². The van der Waals surface area contributed by atoms with Gasteiger partial charge in [-0.05, 0) is 37.3 Å². The highest BCUT2D eigenvalue weighted by Gasteiger charge is 1.98. The summed E-state index contributed by atoms with van der Waals surface area (Å²) >= 11 is 0. The van der Waals surface area contributed by atoms with Crippen molar-refractivity contribution in [1.82, 2.24) is 4.57 Å². The molecule has 0 atom stereocenters. The maximum absolute atomic E-state index is 12.7. The third-order valence-corrected chi connectivity index (χ3v) is 2.74. The topological polar surface area (TPSA) is 34.0 Å². The first kappa shape index (κ1) is 12.4. The van der Waals surface area contributed by atoms with Gasteiger partial charge in [0.2, 0.25) is 0 Å². The average molecular weight is 246 g/mol. The second kappa shape index (κ2) is 5.49. The number of nitrogens with zero attached hydrogens (tertiary/aromatic N) is 1. The molecule has 0 radical (unpaired) electrons. The molecule has 0 fully saturated rings. The molecular weight excluding hydrogens is 231 g/mol. The van der Waals surface area contributed by atoms with E-state index in [9.17, 15) is 9.18 Å². The molecule has 0 aliphatic heterocycles. The Balaban J connectivity index is 1.94. The van der Waals surface area contributed by atoms with Gasteiger partial charge in [0.1, 0.15) is 5.82 Å². The fourth-order valence-corrected chi connectivity index (χ4v) is 1.72. The van der Waals surface area contributed by atoms with Crippen LogP contribution in [0.25, 0.3) is 0 Å². The molecule has 0 aliphatic rings. The van der Waals surface area contributed by atoms with Crippen LogP contribution >= 0.6 is 0 Å². The minimum atomic E-state index is -0.254. The lowest BCUT2D eigenvalue weighted by Crippen LogP contribution is -2.24. The number of pyridine rings is 1. The van der Waals surface area contributed by atoms with Crippen molar-refractivity contribution in [2.75, 3.05) is 11.9 Å². The predicted molar refractivity (Wildman–Crippen MR) is 70.3 cm³/mol. The third-order valence-electron chi connectivity index (χ3n) is 2.74. The molecule has 2 aromatic rings. The summed E-state index contributed by atoms with van der Waals surface area (Å²) in [4.78, 5) is 11.7. The van der Waals surface area contributed by atoms with Crippen LogP contribution in [-0.2, 0) is 6.54 Å². The molecule has 0 aliphatic carbocycles. The minimum Gasteiger partial charge on any atom is -0.383 e. The minimum absolute atomic E-state index is 0.0263. The number of nitrogens with one attached hydrogen (secondary N) is 1. The Bertz CT molecular complexity index is 575. The SMILES string of the molecule is Cc1cccn(CCNc2ccc(F)cc2)c1=O. The summed E-state index contributed by atoms with van der Waals surface area (Å²) in [6, 6.07) is 9.81. The summed E-state index contributed by atoms with van der Waals surface area (Å²) in [5, 5.41) is 3.14. The van der Waals surface area contributed by atoms with Crippen LogP contribution in [0, 0.1) is 12.7 Å². The van der Waals surface area contributed by atoms with E-state index in [-0.39, 0.29) is 11.4 Å². The van der Waals surface area contributed by atoms with Crippen molar-refractivity contribution in [2.45, 2.75) is 13.5 Å². The average Bonchev–Trinajstić information content (AvgIpc) is 2.37. The van der Waals surface area contributed by atoms with E-state index in [1.54, 1.807) is 35.9 Å². The van der Waals surface area contributed by atoms with Crippen molar-refractivity contribution in [1.29, 1.82) is 0 Å². The van der Waals surface area contributed by atoms with Gasteiger partial charge in [0.25, 0.3) is 5.56 Å². The lowest BCUT2D eigenvalue weighted by molar-refractivity contribution is 0.628. The van der Waals surface area contributed by atoms with Crippen LogP contribution in [0.2, 0.25) is 0 Å². The summed E-state index contributed by atoms with van der Waals surface area (Å²) in [5.41, 5.74) is 1.61. The predicted octanol–water partition coefficient (Wildman–Crippen LogP) is 2.41. The Labute approximate surface area is 105 Å². The number of benzene rings is 1. The van der Waals surface area contributed by atoms with Crippen LogP contribution < -0.4 is 10.9 Å². The normalized spacial score (nSPS) is 10.3. The number of hydrogen-bond donors (Lipinski definition) is 1. The molecule has 4 heteroatoms. The monoisotopic (exact) mass is 246 g/mol. The molecule has 2 rings (SSSR count). The van der Waals surface area contributed by atoms with E-state index in [0.29, 0.717) is 13.1 Å². The maximum Gasteiger partial charge on any atom is 0.253 e. The first-order valence-electron chi connectivity index (χ1n) is 5.82. The number of rotatable bonds is 4. The molecule has 18 heavy (non-hydrogen) atoms. The number of hydrogen-bond acceptors (Lipinski definition) is 2. The van der Waals surface area contributed by atoms with Gasteiger partial charge in [-0.25, -0.2) is 4.39 Å². The van der Waals surface area contributed by atoms with Gasteiger partial charge in [-0.1, -0.05) is 6.07 Å². The maximum atomic E-state index is 12.7. The van der Waals surface area contributed by atoms with E-state index in [2.05, 4.69) is 5.32 Å². The lowest BCUT2D eigenvalue weighted by atomic mass is 10.3. The van der Waals surface area contributed by atoms with E-state index in [4.69, 9.17) is 0 Å². The second-order valence-corrected chi connectivity index (χ2v) is 4.12. The van der Waals surface area contributed by atoms with Crippen LogP contribution in [0.3, 0.4) is 0 Å². The fourth-order valence-electron chi connectivity index (χ4n) is 1.72. The summed E-state index contributed by atoms with van der Waals surface area (Å²) in [6.07, 6.45) is 1.77. The molecule has 1 heterocycles. The molecule has 0 bridgehead atoms. The Morgan fingerprint density at radius 2 is 1.94 bits per heavy atom. The molecule has 0 spiro atoms. The molecular formula is C14H15FN2O. The molecule has 0 unspecified atom stereocenters. The standard InChI is InChI=1S/C14H15FN2O/c1-11-3-2-9-17(14(11)18)10-8-16-13-6-4-12(15)5-7-13/h2-7,9,16H,8,10H2,1H3. The zero-order valence-corrected chi connectivity index (χ0v) is 10.2. The van der Waals surface area contributed by atoms with Crippen molar-refractivity contribution < 1.29 is 4.39 Å². The second-order valence-electron chi connectivity index (χ2n) is 4.12. The van der Waals surface area contributed by atoms with Crippen molar-refractivity contribution in [3.8, 4) is 0 Å². The van der Waals surface area contributed by atoms with Gasteiger partial charge < -0.3 is 9.88 Å². The molecule has 0 saturated carbocycles. The van der Waals surface area contributed by atoms with Crippen LogP contribution in [0.5, 0.6) is 0 Å². The van der Waals surface area contributed by atoms with Gasteiger partial charge in [-0.2, -0.15) is 0 Å². The van der Waals surface area contributed by atoms with Crippen molar-refractivity contribution in [3.05, 3.63) is 64.3 Å². The number of anilines is 1. The molecule has 1 aromatic carbocycles. The summed E-state index contributed by atoms with van der Waals surface area (Å²) in [6.45, 7) is 3.00. The Hall–Kier alpha value is -2.10. The van der Waals surface area contributed by atoms with E-state index in [1.807, 2.05) is 6.07 Å². The molecule has 1 aromatic heterocycles. The van der Waals surface area contributed by atoms with Crippen molar-refractivity contribution >= 4 is 5.69 Å². The first-order valence-corrected chi connectivity index (χ1v) is 5.82. The molecule has 94 valence electrons. The van der Waals surface area contributed by atoms with Gasteiger partial charge in [0, 0.05) is 30.5 Å². The zero-order chi connectivity index (χ0) is 13.0. The van der Waals surface area contributed by atoms with Gasteiger partial charge in [0.15, 0.2) is 0 Å². The highest BCUT2D eigenvalue weighted by Crippen LogP contribution is 2.07. The number of aryl methyl sites for hydroxylation is 1. The van der Waals surface area contributed by atoms with Crippen LogP contribution in [0.4, 0.5) is 10.1 Å². The molecule has 1 N–H and O–H groups in total. The van der Waals surface area contributed by atoms with Crippen molar-refractivity contribution in [2.24, 2.45) is 0 Å². The smallest absolute Gasteiger partial charge is 0.253 e. The lowest BCUT2D eigenvalue weighted by Gasteiger charge is -2.08. The quantitative estimate of drug-likeness (QED) is 0.898. The van der Waals surface area contributed by atoms with Gasteiger partial charge in [-0.3, -0.25) is 4.79 Å². The summed E-state index contributed by atoms with van der Waals surface area (Å²) in [7, 11) is 0. The summed E-state index contributed by atoms with van der Waals surface area (Å²) < 4.78 is 14.4. The zero-order valence-electron chi connectivity index (χ0n) is 10.2. The fraction of sp³-hybridized carbons (Fsp3) is 0.214. The van der Waals surface area contributed by atoms with Crippen LogP contribution in [0.15, 0.2) is 47.4 Å². The Morgan fingerprint density at radius 3 is 2.67 bits per heavy atom. The third kappa shape index (κ3) is 2.97. The van der Waals surface area contributed by atoms with E-state index in [0.717, 1.165) is 11.3 Å². The van der Waals surface area contributed by atoms with Crippen molar-refractivity contribution in [3.63, 3.8) is 0 Å². The molecule has 3 nitrogen and oxygen atoms in total. The van der Waals surface area contributed by atoms with Crippen LogP contribution in [0.1, 0.15) is 5.56 Å². The van der Waals surface area contributed by atoms with Gasteiger partial charge in [-0.15, -0.1) is 0 Å². The largest absolute Gasteiger partial charge is 0.383 e. The summed E-state index contributed by atoms with van der Waals surface area (Å²) in [5.74, 6) is -0.254. The van der Waals surface area contributed by atoms with E-state index in [1.165, 1.54) is 12.1 Å². The Kier molecular flexibility index (Phi) is 3.77. The first-order chi connectivity index (χ1) is 8.66. The van der Waals surface area contributed by atoms with E-state index >= 15 is 0 Å². The highest BCUT2D eigenvalue weighted by molar-refractivity contribution is 5.42.